The van der Waals surface area contributed by atoms with Gasteiger partial charge in [0.25, 0.3) is 0 Å². The van der Waals surface area contributed by atoms with Gasteiger partial charge in [0.1, 0.15) is 6.33 Å². The first-order chi connectivity index (χ1) is 8.63. The minimum atomic E-state index is 0.0523. The van der Waals surface area contributed by atoms with Gasteiger partial charge in [0.15, 0.2) is 5.82 Å². The van der Waals surface area contributed by atoms with Crippen molar-refractivity contribution >= 4 is 5.91 Å². The maximum absolute atomic E-state index is 11.5. The van der Waals surface area contributed by atoms with E-state index < -0.39 is 0 Å². The number of methoxy groups -OCH3 is 1. The van der Waals surface area contributed by atoms with Gasteiger partial charge in [-0.3, -0.25) is 4.79 Å². The number of hydrogen-bond donors (Lipinski definition) is 1. The number of amides is 1. The monoisotopic (exact) mass is 254 g/mol. The van der Waals surface area contributed by atoms with Crippen molar-refractivity contribution in [2.75, 3.05) is 13.7 Å². The highest BCUT2D eigenvalue weighted by molar-refractivity contribution is 5.75. The molecule has 0 bridgehead atoms. The van der Waals surface area contributed by atoms with Crippen LogP contribution in [0.3, 0.4) is 0 Å². The van der Waals surface area contributed by atoms with Crippen molar-refractivity contribution in [1.82, 2.24) is 20.1 Å². The van der Waals surface area contributed by atoms with Crippen LogP contribution in [0, 0.1) is 5.92 Å². The van der Waals surface area contributed by atoms with E-state index in [1.807, 2.05) is 18.4 Å². The van der Waals surface area contributed by atoms with Crippen molar-refractivity contribution < 1.29 is 9.53 Å². The quantitative estimate of drug-likeness (QED) is 0.702. The van der Waals surface area contributed by atoms with Crippen LogP contribution in [0.15, 0.2) is 6.33 Å². The molecule has 0 unspecified atom stereocenters. The number of nitrogens with one attached hydrogen (secondary N) is 1. The molecule has 18 heavy (non-hydrogen) atoms. The first-order valence-corrected chi connectivity index (χ1v) is 6.25. The highest BCUT2D eigenvalue weighted by atomic mass is 16.5. The van der Waals surface area contributed by atoms with Crippen molar-refractivity contribution in [1.29, 1.82) is 0 Å². The lowest BCUT2D eigenvalue weighted by Crippen LogP contribution is -2.25. The van der Waals surface area contributed by atoms with E-state index in [2.05, 4.69) is 15.5 Å². The van der Waals surface area contributed by atoms with Gasteiger partial charge in [-0.1, -0.05) is 13.8 Å². The molecule has 0 aliphatic heterocycles. The molecule has 0 radical (unpaired) electrons. The zero-order chi connectivity index (χ0) is 13.4. The second-order valence-electron chi connectivity index (χ2n) is 4.66. The van der Waals surface area contributed by atoms with Crippen LogP contribution in [0.5, 0.6) is 0 Å². The lowest BCUT2D eigenvalue weighted by molar-refractivity contribution is -0.122. The van der Waals surface area contributed by atoms with Crippen molar-refractivity contribution in [2.24, 2.45) is 5.92 Å². The first-order valence-electron chi connectivity index (χ1n) is 6.25. The molecule has 1 heterocycles. The maximum atomic E-state index is 11.5. The number of aromatic nitrogens is 3. The third-order valence-corrected chi connectivity index (χ3v) is 2.48. The zero-order valence-corrected chi connectivity index (χ0v) is 11.3. The van der Waals surface area contributed by atoms with Crippen LogP contribution in [0.25, 0.3) is 0 Å². The predicted molar refractivity (Wildman–Crippen MR) is 67.8 cm³/mol. The minimum Gasteiger partial charge on any atom is -0.385 e. The molecule has 1 rings (SSSR count). The molecule has 0 saturated heterocycles. The summed E-state index contributed by atoms with van der Waals surface area (Å²) in [6, 6.07) is 0. The molecule has 0 aliphatic rings. The number of nitrogens with zero attached hydrogens (tertiary/aromatic N) is 3. The van der Waals surface area contributed by atoms with Crippen molar-refractivity contribution in [3.8, 4) is 0 Å². The Morgan fingerprint density at radius 3 is 3.00 bits per heavy atom. The normalized spacial score (nSPS) is 10.9. The van der Waals surface area contributed by atoms with E-state index in [9.17, 15) is 4.79 Å². The standard InChI is InChI=1S/C12H22N4O2/c1-10(2)7-12(17)13-8-11-15-14-9-16(11)5-4-6-18-3/h9-10H,4-8H2,1-3H3,(H,13,17). The second-order valence-corrected chi connectivity index (χ2v) is 4.66. The third-order valence-electron chi connectivity index (χ3n) is 2.48. The molecule has 102 valence electrons. The van der Waals surface area contributed by atoms with E-state index in [0.29, 0.717) is 25.5 Å². The minimum absolute atomic E-state index is 0.0523. The lowest BCUT2D eigenvalue weighted by Gasteiger charge is -2.08. The molecule has 6 nitrogen and oxygen atoms in total. The summed E-state index contributed by atoms with van der Waals surface area (Å²) in [4.78, 5) is 11.5. The van der Waals surface area contributed by atoms with Gasteiger partial charge in [-0.25, -0.2) is 0 Å². The Labute approximate surface area is 108 Å². The van der Waals surface area contributed by atoms with E-state index in [4.69, 9.17) is 4.74 Å². The molecule has 1 N–H and O–H groups in total. The van der Waals surface area contributed by atoms with Gasteiger partial charge >= 0.3 is 0 Å². The zero-order valence-electron chi connectivity index (χ0n) is 11.3. The summed E-state index contributed by atoms with van der Waals surface area (Å²) in [6.07, 6.45) is 3.12. The molecule has 0 aromatic carbocycles. The average molecular weight is 254 g/mol. The van der Waals surface area contributed by atoms with Gasteiger partial charge in [-0.05, 0) is 12.3 Å². The van der Waals surface area contributed by atoms with Gasteiger partial charge in [0.05, 0.1) is 6.54 Å². The molecular formula is C12H22N4O2. The van der Waals surface area contributed by atoms with E-state index in [0.717, 1.165) is 18.8 Å². The first kappa shape index (κ1) is 14.6. The highest BCUT2D eigenvalue weighted by Gasteiger charge is 2.08. The molecule has 0 fully saturated rings. The van der Waals surface area contributed by atoms with Crippen molar-refractivity contribution in [3.05, 3.63) is 12.2 Å². The van der Waals surface area contributed by atoms with Gasteiger partial charge in [-0.15, -0.1) is 10.2 Å². The summed E-state index contributed by atoms with van der Waals surface area (Å²) in [6.45, 7) is 5.98. The van der Waals surface area contributed by atoms with E-state index in [1.165, 1.54) is 0 Å². The Balaban J connectivity index is 2.37. The van der Waals surface area contributed by atoms with Gasteiger partial charge in [-0.2, -0.15) is 0 Å². The molecule has 0 spiro atoms. The van der Waals surface area contributed by atoms with Crippen molar-refractivity contribution in [3.63, 3.8) is 0 Å². The smallest absolute Gasteiger partial charge is 0.220 e. The predicted octanol–water partition coefficient (Wildman–Crippen LogP) is 0.977. The molecular weight excluding hydrogens is 232 g/mol. The third kappa shape index (κ3) is 5.27. The Bertz CT molecular complexity index is 363. The Morgan fingerprint density at radius 1 is 1.56 bits per heavy atom. The van der Waals surface area contributed by atoms with Gasteiger partial charge in [0, 0.05) is 26.7 Å². The summed E-state index contributed by atoms with van der Waals surface area (Å²) in [7, 11) is 1.68. The molecule has 0 saturated carbocycles. The number of rotatable bonds is 8. The number of carbonyl (C=O) groups is 1. The van der Waals surface area contributed by atoms with Gasteiger partial charge in [0.2, 0.25) is 5.91 Å². The molecule has 0 aliphatic carbocycles. The summed E-state index contributed by atoms with van der Waals surface area (Å²) in [5, 5.41) is 10.7. The number of hydrogen-bond acceptors (Lipinski definition) is 4. The molecule has 1 aromatic heterocycles. The molecule has 1 amide bonds. The SMILES string of the molecule is COCCCn1cnnc1CNC(=O)CC(C)C. The Morgan fingerprint density at radius 2 is 2.33 bits per heavy atom. The van der Waals surface area contributed by atoms with E-state index >= 15 is 0 Å². The van der Waals surface area contributed by atoms with Crippen LogP contribution in [0.2, 0.25) is 0 Å². The fourth-order valence-corrected chi connectivity index (χ4v) is 1.60. The van der Waals surface area contributed by atoms with Crippen molar-refractivity contribution in [2.45, 2.75) is 39.8 Å². The number of aryl methyl sites for hydroxylation is 1. The van der Waals surface area contributed by atoms with Crippen LogP contribution in [0.4, 0.5) is 0 Å². The fraction of sp³-hybridized carbons (Fsp3) is 0.750. The molecule has 1 aromatic rings. The fourth-order valence-electron chi connectivity index (χ4n) is 1.60. The number of ether oxygens (including phenoxy) is 1. The lowest BCUT2D eigenvalue weighted by atomic mass is 10.1. The van der Waals surface area contributed by atoms with Crippen LogP contribution in [-0.4, -0.2) is 34.4 Å². The number of carbonyl (C=O) groups excluding carboxylic acids is 1. The van der Waals surface area contributed by atoms with E-state index in [-0.39, 0.29) is 5.91 Å². The van der Waals surface area contributed by atoms with Crippen LogP contribution in [0.1, 0.15) is 32.5 Å². The Kier molecular flexibility index (Phi) is 6.35. The van der Waals surface area contributed by atoms with Crippen LogP contribution >= 0.6 is 0 Å². The highest BCUT2D eigenvalue weighted by Crippen LogP contribution is 2.00. The van der Waals surface area contributed by atoms with Crippen LogP contribution in [-0.2, 0) is 22.6 Å². The second kappa shape index (κ2) is 7.81. The molecule has 0 atom stereocenters. The summed E-state index contributed by atoms with van der Waals surface area (Å²) in [5.74, 6) is 1.20. The summed E-state index contributed by atoms with van der Waals surface area (Å²) < 4.78 is 6.94. The van der Waals surface area contributed by atoms with Crippen LogP contribution < -0.4 is 5.32 Å². The molecule has 6 heteroatoms. The maximum Gasteiger partial charge on any atom is 0.220 e. The summed E-state index contributed by atoms with van der Waals surface area (Å²) >= 11 is 0. The van der Waals surface area contributed by atoms with Gasteiger partial charge < -0.3 is 14.6 Å². The topological polar surface area (TPSA) is 69.0 Å². The average Bonchev–Trinajstić information content (AvgIpc) is 2.73. The summed E-state index contributed by atoms with van der Waals surface area (Å²) in [5.41, 5.74) is 0. The largest absolute Gasteiger partial charge is 0.385 e. The van der Waals surface area contributed by atoms with E-state index in [1.54, 1.807) is 13.4 Å². The Hall–Kier alpha value is -1.43.